The summed E-state index contributed by atoms with van der Waals surface area (Å²) in [6.07, 6.45) is 0. The fourth-order valence-corrected chi connectivity index (χ4v) is 4.16. The first-order valence-corrected chi connectivity index (χ1v) is 10.8. The van der Waals surface area contributed by atoms with Crippen LogP contribution in [0.5, 0.6) is 0 Å². The van der Waals surface area contributed by atoms with Crippen LogP contribution in [0.25, 0.3) is 44.4 Å². The Morgan fingerprint density at radius 2 is 1.38 bits per heavy atom. The number of fused-ring (bicyclic) bond motifs is 1. The van der Waals surface area contributed by atoms with Crippen LogP contribution in [0.3, 0.4) is 0 Å². The van der Waals surface area contributed by atoms with Gasteiger partial charge >= 0.3 is 5.97 Å². The fraction of sp³-hybridized carbons (Fsp3) is 0.0690. The van der Waals surface area contributed by atoms with Gasteiger partial charge in [-0.05, 0) is 53.4 Å². The number of hydrogen-bond acceptors (Lipinski definition) is 2. The maximum absolute atomic E-state index is 12.2. The lowest BCUT2D eigenvalue weighted by atomic mass is 9.94. The largest absolute Gasteiger partial charge is 0.462 e. The van der Waals surface area contributed by atoms with Gasteiger partial charge in [0.15, 0.2) is 0 Å². The molecule has 5 rings (SSSR count). The number of H-pyrrole nitrogens is 1. The molecule has 0 aliphatic carbocycles. The number of nitrogens with one attached hydrogen (secondary N) is 1. The first kappa shape index (κ1) is 19.8. The van der Waals surface area contributed by atoms with E-state index in [1.54, 1.807) is 6.07 Å². The number of carbonyl (C=O) groups excluding carboxylic acids is 1. The minimum absolute atomic E-state index is 0.298. The Labute approximate surface area is 187 Å². The Morgan fingerprint density at radius 1 is 0.719 bits per heavy atom. The number of hydrogen-bond donors (Lipinski definition) is 1. The van der Waals surface area contributed by atoms with Gasteiger partial charge in [-0.3, -0.25) is 0 Å². The lowest BCUT2D eigenvalue weighted by Gasteiger charge is -2.10. The van der Waals surface area contributed by atoms with E-state index >= 15 is 0 Å². The van der Waals surface area contributed by atoms with Crippen molar-refractivity contribution in [3.63, 3.8) is 0 Å². The number of para-hydroxylation sites is 1. The molecule has 1 N–H and O–H groups in total. The quantitative estimate of drug-likeness (QED) is 0.304. The summed E-state index contributed by atoms with van der Waals surface area (Å²) in [5, 5.41) is 1.18. The van der Waals surface area contributed by atoms with Crippen molar-refractivity contribution >= 4 is 16.9 Å². The normalized spacial score (nSPS) is 10.9. The lowest BCUT2D eigenvalue weighted by Crippen LogP contribution is -2.04. The molecule has 0 saturated heterocycles. The van der Waals surface area contributed by atoms with Gasteiger partial charge in [-0.15, -0.1) is 0 Å². The van der Waals surface area contributed by atoms with Crippen LogP contribution in [0.4, 0.5) is 0 Å². The molecule has 0 aliphatic rings. The first-order valence-electron chi connectivity index (χ1n) is 10.8. The van der Waals surface area contributed by atoms with Crippen molar-refractivity contribution in [2.24, 2.45) is 0 Å². The highest BCUT2D eigenvalue weighted by molar-refractivity contribution is 6.04. The van der Waals surface area contributed by atoms with E-state index in [0.29, 0.717) is 12.2 Å². The molecule has 0 atom stereocenters. The third kappa shape index (κ3) is 3.69. The van der Waals surface area contributed by atoms with E-state index in [9.17, 15) is 4.79 Å². The number of rotatable bonds is 5. The van der Waals surface area contributed by atoms with Crippen molar-refractivity contribution < 1.29 is 9.53 Å². The summed E-state index contributed by atoms with van der Waals surface area (Å²) in [6.45, 7) is 2.18. The van der Waals surface area contributed by atoms with E-state index in [1.165, 1.54) is 10.9 Å². The van der Waals surface area contributed by atoms with Gasteiger partial charge in [0.25, 0.3) is 0 Å². The minimum Gasteiger partial charge on any atom is -0.462 e. The van der Waals surface area contributed by atoms with E-state index in [2.05, 4.69) is 77.8 Å². The number of esters is 1. The van der Waals surface area contributed by atoms with Crippen molar-refractivity contribution in [1.29, 1.82) is 0 Å². The van der Waals surface area contributed by atoms with Crippen molar-refractivity contribution in [3.05, 3.63) is 109 Å². The zero-order chi connectivity index (χ0) is 21.9. The molecule has 0 radical (unpaired) electrons. The van der Waals surface area contributed by atoms with Crippen LogP contribution in [0.2, 0.25) is 0 Å². The highest BCUT2D eigenvalue weighted by atomic mass is 16.5. The molecular formula is C29H23NO2. The molecular weight excluding hydrogens is 394 g/mol. The van der Waals surface area contributed by atoms with Crippen molar-refractivity contribution in [2.45, 2.75) is 6.92 Å². The summed E-state index contributed by atoms with van der Waals surface area (Å²) in [5.74, 6) is -0.298. The molecule has 3 nitrogen and oxygen atoms in total. The van der Waals surface area contributed by atoms with Gasteiger partial charge in [-0.1, -0.05) is 78.9 Å². The zero-order valence-electron chi connectivity index (χ0n) is 17.8. The Hall–Kier alpha value is -4.11. The third-order valence-corrected chi connectivity index (χ3v) is 5.63. The van der Waals surface area contributed by atoms with Crippen LogP contribution in [-0.4, -0.2) is 17.6 Å². The predicted molar refractivity (Wildman–Crippen MR) is 131 cm³/mol. The molecule has 0 aliphatic heterocycles. The standard InChI is InChI=1S/C29H23NO2/c1-2-32-29(31)24-15-9-13-22(19-24)21-12-8-14-23(18-21)27-25-16-6-7-17-26(25)30-28(27)20-10-4-3-5-11-20/h3-19,30H,2H2,1H3. The van der Waals surface area contributed by atoms with Gasteiger partial charge in [0.05, 0.1) is 17.9 Å². The topological polar surface area (TPSA) is 42.1 Å². The molecule has 156 valence electrons. The summed E-state index contributed by atoms with van der Waals surface area (Å²) in [6, 6.07) is 34.9. The molecule has 0 fully saturated rings. The van der Waals surface area contributed by atoms with Crippen molar-refractivity contribution in [3.8, 4) is 33.5 Å². The smallest absolute Gasteiger partial charge is 0.338 e. The van der Waals surface area contributed by atoms with Crippen LogP contribution in [0.1, 0.15) is 17.3 Å². The number of aromatic amines is 1. The molecule has 3 heteroatoms. The summed E-state index contributed by atoms with van der Waals surface area (Å²) < 4.78 is 5.17. The lowest BCUT2D eigenvalue weighted by molar-refractivity contribution is 0.0526. The Kier molecular flexibility index (Phi) is 5.30. The Morgan fingerprint density at radius 3 is 2.19 bits per heavy atom. The summed E-state index contributed by atoms with van der Waals surface area (Å²) >= 11 is 0. The first-order chi connectivity index (χ1) is 15.7. The maximum Gasteiger partial charge on any atom is 0.338 e. The number of ether oxygens (including phenoxy) is 1. The van der Waals surface area contributed by atoms with Crippen LogP contribution in [0.15, 0.2) is 103 Å². The van der Waals surface area contributed by atoms with Crippen LogP contribution in [0, 0.1) is 0 Å². The van der Waals surface area contributed by atoms with Crippen molar-refractivity contribution in [2.75, 3.05) is 6.61 Å². The second-order valence-corrected chi connectivity index (χ2v) is 7.67. The van der Waals surface area contributed by atoms with Crippen LogP contribution in [-0.2, 0) is 4.74 Å². The SMILES string of the molecule is CCOC(=O)c1cccc(-c2cccc(-c3c(-c4ccccc4)[nH]c4ccccc34)c2)c1. The Balaban J connectivity index is 1.65. The van der Waals surface area contributed by atoms with Gasteiger partial charge in [0, 0.05) is 16.5 Å². The molecule has 32 heavy (non-hydrogen) atoms. The predicted octanol–water partition coefficient (Wildman–Crippen LogP) is 7.35. The number of aromatic nitrogens is 1. The molecule has 0 spiro atoms. The molecule has 0 unspecified atom stereocenters. The molecule has 1 aromatic heterocycles. The van der Waals surface area contributed by atoms with E-state index < -0.39 is 0 Å². The van der Waals surface area contributed by atoms with Crippen LogP contribution < -0.4 is 0 Å². The van der Waals surface area contributed by atoms with Gasteiger partial charge in [0.1, 0.15) is 0 Å². The number of benzene rings is 4. The minimum atomic E-state index is -0.298. The second-order valence-electron chi connectivity index (χ2n) is 7.67. The van der Waals surface area contributed by atoms with Gasteiger partial charge in [0.2, 0.25) is 0 Å². The van der Waals surface area contributed by atoms with E-state index in [-0.39, 0.29) is 5.97 Å². The third-order valence-electron chi connectivity index (χ3n) is 5.63. The molecule has 5 aromatic rings. The molecule has 1 heterocycles. The molecule has 0 amide bonds. The van der Waals surface area contributed by atoms with Crippen LogP contribution >= 0.6 is 0 Å². The Bertz CT molecular complexity index is 1400. The molecule has 4 aromatic carbocycles. The fourth-order valence-electron chi connectivity index (χ4n) is 4.16. The summed E-state index contributed by atoms with van der Waals surface area (Å²) in [4.78, 5) is 15.8. The maximum atomic E-state index is 12.2. The zero-order valence-corrected chi connectivity index (χ0v) is 17.8. The number of carbonyl (C=O) groups is 1. The van der Waals surface area contributed by atoms with E-state index in [0.717, 1.165) is 33.5 Å². The average molecular weight is 418 g/mol. The highest BCUT2D eigenvalue weighted by Gasteiger charge is 2.15. The van der Waals surface area contributed by atoms with Gasteiger partial charge in [-0.25, -0.2) is 4.79 Å². The summed E-state index contributed by atoms with van der Waals surface area (Å²) in [5.41, 5.74) is 8.26. The van der Waals surface area contributed by atoms with E-state index in [4.69, 9.17) is 4.74 Å². The van der Waals surface area contributed by atoms with Gasteiger partial charge in [-0.2, -0.15) is 0 Å². The molecule has 0 saturated carbocycles. The van der Waals surface area contributed by atoms with Gasteiger partial charge < -0.3 is 9.72 Å². The van der Waals surface area contributed by atoms with E-state index in [1.807, 2.05) is 31.2 Å². The average Bonchev–Trinajstić information content (AvgIpc) is 3.25. The summed E-state index contributed by atoms with van der Waals surface area (Å²) in [7, 11) is 0. The second kappa shape index (κ2) is 8.56. The monoisotopic (exact) mass is 417 g/mol. The van der Waals surface area contributed by atoms with Crippen molar-refractivity contribution in [1.82, 2.24) is 4.98 Å². The highest BCUT2D eigenvalue weighted by Crippen LogP contribution is 2.39. The molecule has 0 bridgehead atoms.